The maximum absolute atomic E-state index is 13.6. The number of aromatic nitrogens is 2. The van der Waals surface area contributed by atoms with Gasteiger partial charge in [-0.05, 0) is 31.2 Å². The molecule has 1 aromatic heterocycles. The molecule has 0 saturated carbocycles. The van der Waals surface area contributed by atoms with Crippen LogP contribution in [0.5, 0.6) is 11.6 Å². The normalized spacial score (nSPS) is 10.1. The summed E-state index contributed by atoms with van der Waals surface area (Å²) in [4.78, 5) is 7.49. The summed E-state index contributed by atoms with van der Waals surface area (Å²) in [5.41, 5.74) is 1.22. The fraction of sp³-hybridized carbons (Fsp3) is 0.167. The van der Waals surface area contributed by atoms with Crippen molar-refractivity contribution in [3.05, 3.63) is 42.1 Å². The van der Waals surface area contributed by atoms with E-state index in [0.717, 1.165) is 5.69 Å². The molecule has 5 heteroatoms. The molecule has 0 atom stereocenters. The van der Waals surface area contributed by atoms with E-state index in [-0.39, 0.29) is 11.6 Å². The lowest BCUT2D eigenvalue weighted by atomic mass is 10.3. The SMILES string of the molecule is CNc1ccc(Oc2ncnc(C)c2F)cc1. The van der Waals surface area contributed by atoms with Crippen molar-refractivity contribution in [3.63, 3.8) is 0 Å². The van der Waals surface area contributed by atoms with Gasteiger partial charge in [0.05, 0.1) is 5.69 Å². The van der Waals surface area contributed by atoms with Crippen molar-refractivity contribution in [2.45, 2.75) is 6.92 Å². The Bertz CT molecular complexity index is 514. The van der Waals surface area contributed by atoms with Gasteiger partial charge in [0.25, 0.3) is 5.88 Å². The molecule has 0 radical (unpaired) electrons. The summed E-state index contributed by atoms with van der Waals surface area (Å²) in [6.07, 6.45) is 1.27. The minimum Gasteiger partial charge on any atom is -0.436 e. The minimum atomic E-state index is -0.537. The lowest BCUT2D eigenvalue weighted by Crippen LogP contribution is -1.96. The predicted octanol–water partition coefficient (Wildman–Crippen LogP) is 2.76. The highest BCUT2D eigenvalue weighted by atomic mass is 19.1. The van der Waals surface area contributed by atoms with Gasteiger partial charge in [0.2, 0.25) is 5.82 Å². The van der Waals surface area contributed by atoms with Crippen LogP contribution in [0.15, 0.2) is 30.6 Å². The highest BCUT2D eigenvalue weighted by Crippen LogP contribution is 2.23. The Morgan fingerprint density at radius 1 is 1.18 bits per heavy atom. The van der Waals surface area contributed by atoms with E-state index in [1.807, 2.05) is 19.2 Å². The van der Waals surface area contributed by atoms with Gasteiger partial charge in [0.15, 0.2) is 0 Å². The molecule has 0 amide bonds. The van der Waals surface area contributed by atoms with Crippen molar-refractivity contribution in [1.29, 1.82) is 0 Å². The van der Waals surface area contributed by atoms with Crippen molar-refractivity contribution < 1.29 is 9.13 Å². The summed E-state index contributed by atoms with van der Waals surface area (Å²) in [7, 11) is 1.82. The number of halogens is 1. The van der Waals surface area contributed by atoms with Gasteiger partial charge in [-0.3, -0.25) is 0 Å². The Balaban J connectivity index is 2.22. The Morgan fingerprint density at radius 3 is 2.53 bits per heavy atom. The summed E-state index contributed by atoms with van der Waals surface area (Å²) in [6.45, 7) is 1.56. The molecule has 1 heterocycles. The fourth-order valence-corrected chi connectivity index (χ4v) is 1.31. The van der Waals surface area contributed by atoms with Crippen LogP contribution in [0.25, 0.3) is 0 Å². The second-order valence-corrected chi connectivity index (χ2v) is 3.45. The molecule has 2 rings (SSSR count). The van der Waals surface area contributed by atoms with Crippen LogP contribution in [-0.4, -0.2) is 17.0 Å². The van der Waals surface area contributed by atoms with E-state index in [0.29, 0.717) is 5.75 Å². The van der Waals surface area contributed by atoms with Crippen molar-refractivity contribution in [2.24, 2.45) is 0 Å². The molecule has 0 aliphatic heterocycles. The second kappa shape index (κ2) is 4.78. The van der Waals surface area contributed by atoms with Crippen LogP contribution in [0, 0.1) is 12.7 Å². The number of rotatable bonds is 3. The molecular formula is C12H12FN3O. The summed E-state index contributed by atoms with van der Waals surface area (Å²) < 4.78 is 18.9. The van der Waals surface area contributed by atoms with Crippen molar-refractivity contribution in [3.8, 4) is 11.6 Å². The van der Waals surface area contributed by atoms with Crippen LogP contribution < -0.4 is 10.1 Å². The molecule has 0 bridgehead atoms. The molecule has 88 valence electrons. The molecule has 0 spiro atoms. The van der Waals surface area contributed by atoms with Gasteiger partial charge in [0.1, 0.15) is 12.1 Å². The Labute approximate surface area is 98.5 Å². The van der Waals surface area contributed by atoms with Gasteiger partial charge in [0, 0.05) is 12.7 Å². The quantitative estimate of drug-likeness (QED) is 0.885. The van der Waals surface area contributed by atoms with E-state index in [1.165, 1.54) is 6.33 Å². The van der Waals surface area contributed by atoms with Crippen molar-refractivity contribution in [1.82, 2.24) is 9.97 Å². The van der Waals surface area contributed by atoms with Gasteiger partial charge in [-0.15, -0.1) is 0 Å². The molecule has 4 nitrogen and oxygen atoms in total. The number of nitrogens with one attached hydrogen (secondary N) is 1. The smallest absolute Gasteiger partial charge is 0.259 e. The highest BCUT2D eigenvalue weighted by molar-refractivity contribution is 5.46. The molecule has 2 aromatic rings. The summed E-state index contributed by atoms with van der Waals surface area (Å²) >= 11 is 0. The van der Waals surface area contributed by atoms with E-state index >= 15 is 0 Å². The standard InChI is InChI=1S/C12H12FN3O/c1-8-11(13)12(16-7-15-8)17-10-5-3-9(14-2)4-6-10/h3-7,14H,1-2H3. The molecule has 0 unspecified atom stereocenters. The molecule has 0 aliphatic rings. The summed E-state index contributed by atoms with van der Waals surface area (Å²) in [6, 6.07) is 7.15. The Hall–Kier alpha value is -2.17. The summed E-state index contributed by atoms with van der Waals surface area (Å²) in [5.74, 6) is -0.0686. The van der Waals surface area contributed by atoms with Gasteiger partial charge >= 0.3 is 0 Å². The van der Waals surface area contributed by atoms with Crippen molar-refractivity contribution in [2.75, 3.05) is 12.4 Å². The first-order valence-electron chi connectivity index (χ1n) is 5.13. The van der Waals surface area contributed by atoms with Crippen LogP contribution in [0.4, 0.5) is 10.1 Å². The number of anilines is 1. The average Bonchev–Trinajstić information content (AvgIpc) is 2.36. The number of hydrogen-bond acceptors (Lipinski definition) is 4. The van der Waals surface area contributed by atoms with E-state index < -0.39 is 5.82 Å². The zero-order chi connectivity index (χ0) is 12.3. The third-order valence-corrected chi connectivity index (χ3v) is 2.29. The van der Waals surface area contributed by atoms with E-state index in [1.54, 1.807) is 19.1 Å². The van der Waals surface area contributed by atoms with Gasteiger partial charge in [-0.1, -0.05) is 0 Å². The molecule has 0 saturated heterocycles. The highest BCUT2D eigenvalue weighted by Gasteiger charge is 2.09. The molecule has 0 aliphatic carbocycles. The largest absolute Gasteiger partial charge is 0.436 e. The number of nitrogens with zero attached hydrogens (tertiary/aromatic N) is 2. The molecule has 1 aromatic carbocycles. The third-order valence-electron chi connectivity index (χ3n) is 2.29. The Morgan fingerprint density at radius 2 is 1.88 bits per heavy atom. The van der Waals surface area contributed by atoms with Gasteiger partial charge in [-0.2, -0.15) is 9.37 Å². The second-order valence-electron chi connectivity index (χ2n) is 3.45. The third kappa shape index (κ3) is 2.50. The fourth-order valence-electron chi connectivity index (χ4n) is 1.31. The van der Waals surface area contributed by atoms with E-state index in [9.17, 15) is 4.39 Å². The number of aryl methyl sites for hydroxylation is 1. The average molecular weight is 233 g/mol. The van der Waals surface area contributed by atoms with Crippen LogP contribution >= 0.6 is 0 Å². The van der Waals surface area contributed by atoms with Crippen LogP contribution in [0.2, 0.25) is 0 Å². The molecule has 17 heavy (non-hydrogen) atoms. The number of hydrogen-bond donors (Lipinski definition) is 1. The zero-order valence-corrected chi connectivity index (χ0v) is 9.57. The monoisotopic (exact) mass is 233 g/mol. The molecule has 1 N–H and O–H groups in total. The van der Waals surface area contributed by atoms with Crippen LogP contribution in [0.3, 0.4) is 0 Å². The molecular weight excluding hydrogens is 221 g/mol. The first-order chi connectivity index (χ1) is 8.20. The summed E-state index contributed by atoms with van der Waals surface area (Å²) in [5, 5.41) is 2.98. The Kier molecular flexibility index (Phi) is 3.18. The lowest BCUT2D eigenvalue weighted by molar-refractivity contribution is 0.417. The maximum Gasteiger partial charge on any atom is 0.259 e. The van der Waals surface area contributed by atoms with Crippen LogP contribution in [0.1, 0.15) is 5.69 Å². The molecule has 0 fully saturated rings. The van der Waals surface area contributed by atoms with E-state index in [2.05, 4.69) is 15.3 Å². The van der Waals surface area contributed by atoms with Crippen molar-refractivity contribution >= 4 is 5.69 Å². The minimum absolute atomic E-state index is 0.0605. The first-order valence-corrected chi connectivity index (χ1v) is 5.13. The van der Waals surface area contributed by atoms with Gasteiger partial charge in [-0.25, -0.2) is 4.98 Å². The maximum atomic E-state index is 13.6. The predicted molar refractivity (Wildman–Crippen MR) is 62.8 cm³/mol. The van der Waals surface area contributed by atoms with E-state index in [4.69, 9.17) is 4.74 Å². The number of benzene rings is 1. The van der Waals surface area contributed by atoms with Gasteiger partial charge < -0.3 is 10.1 Å². The number of ether oxygens (including phenoxy) is 1. The van der Waals surface area contributed by atoms with Crippen LogP contribution in [-0.2, 0) is 0 Å². The lowest BCUT2D eigenvalue weighted by Gasteiger charge is -2.07. The topological polar surface area (TPSA) is 47.0 Å². The zero-order valence-electron chi connectivity index (χ0n) is 9.57. The first kappa shape index (κ1) is 11.3.